The van der Waals surface area contributed by atoms with Crippen molar-refractivity contribution in [2.45, 2.75) is 19.4 Å². The van der Waals surface area contributed by atoms with E-state index < -0.39 is 0 Å². The molecule has 1 aliphatic heterocycles. The molecule has 0 spiro atoms. The van der Waals surface area contributed by atoms with E-state index in [2.05, 4.69) is 11.2 Å². The van der Waals surface area contributed by atoms with Crippen molar-refractivity contribution in [3.63, 3.8) is 0 Å². The summed E-state index contributed by atoms with van der Waals surface area (Å²) in [7, 11) is 0. The Kier molecular flexibility index (Phi) is 6.16. The molecule has 2 N–H and O–H groups in total. The number of aryl methyl sites for hydroxylation is 1. The number of hydrogen-bond donors (Lipinski definition) is 2. The SMILES string of the molecule is C#CCOc1ccc(C)cc1.O[C@@H]1CCNC1. The topological polar surface area (TPSA) is 41.5 Å². The van der Waals surface area contributed by atoms with Gasteiger partial charge >= 0.3 is 0 Å². The molecule has 1 aliphatic rings. The van der Waals surface area contributed by atoms with Gasteiger partial charge in [-0.2, -0.15) is 0 Å². The summed E-state index contributed by atoms with van der Waals surface area (Å²) in [4.78, 5) is 0. The summed E-state index contributed by atoms with van der Waals surface area (Å²) in [6.07, 6.45) is 5.90. The van der Waals surface area contributed by atoms with Gasteiger partial charge in [-0.25, -0.2) is 0 Å². The molecular weight excluding hydrogens is 214 g/mol. The number of aliphatic hydroxyl groups is 1. The molecule has 17 heavy (non-hydrogen) atoms. The van der Waals surface area contributed by atoms with Crippen LogP contribution in [0.4, 0.5) is 0 Å². The Bertz CT molecular complexity index is 347. The van der Waals surface area contributed by atoms with Crippen LogP contribution >= 0.6 is 0 Å². The minimum atomic E-state index is -0.0648. The molecule has 0 bridgehead atoms. The van der Waals surface area contributed by atoms with Gasteiger partial charge in [-0.1, -0.05) is 23.6 Å². The standard InChI is InChI=1S/C10H10O.C4H9NO/c1-3-8-11-10-6-4-9(2)5-7-10;6-4-1-2-5-3-4/h1,4-7H,8H2,2H3;4-6H,1-3H2/t;4-/m.1/s1. The normalized spacial score (nSPS) is 17.8. The third-order valence-electron chi connectivity index (χ3n) is 2.38. The van der Waals surface area contributed by atoms with E-state index in [1.54, 1.807) is 0 Å². The molecule has 0 saturated carbocycles. The number of terminal acetylenes is 1. The van der Waals surface area contributed by atoms with Gasteiger partial charge < -0.3 is 15.2 Å². The Balaban J connectivity index is 0.000000202. The molecule has 1 aromatic rings. The Morgan fingerprint density at radius 1 is 1.47 bits per heavy atom. The molecule has 2 rings (SSSR count). The monoisotopic (exact) mass is 233 g/mol. The quantitative estimate of drug-likeness (QED) is 0.758. The molecule has 0 radical (unpaired) electrons. The Hall–Kier alpha value is -1.50. The fourth-order valence-corrected chi connectivity index (χ4v) is 1.40. The molecular formula is C14H19NO2. The first-order valence-electron chi connectivity index (χ1n) is 5.74. The van der Waals surface area contributed by atoms with Crippen molar-refractivity contribution in [2.24, 2.45) is 0 Å². The molecule has 1 heterocycles. The van der Waals surface area contributed by atoms with Crippen molar-refractivity contribution in [3.8, 4) is 18.1 Å². The lowest BCUT2D eigenvalue weighted by molar-refractivity contribution is 0.196. The molecule has 1 saturated heterocycles. The van der Waals surface area contributed by atoms with E-state index in [9.17, 15) is 0 Å². The van der Waals surface area contributed by atoms with Crippen molar-refractivity contribution >= 4 is 0 Å². The van der Waals surface area contributed by atoms with Crippen LogP contribution in [0.5, 0.6) is 5.75 Å². The number of benzene rings is 1. The summed E-state index contributed by atoms with van der Waals surface area (Å²) in [6, 6.07) is 7.80. The zero-order valence-electron chi connectivity index (χ0n) is 10.1. The van der Waals surface area contributed by atoms with Gasteiger partial charge in [-0.05, 0) is 32.0 Å². The number of nitrogens with one attached hydrogen (secondary N) is 1. The van der Waals surface area contributed by atoms with Gasteiger partial charge in [0, 0.05) is 6.54 Å². The average Bonchev–Trinajstić information content (AvgIpc) is 2.80. The van der Waals surface area contributed by atoms with Gasteiger partial charge in [-0.15, -0.1) is 6.42 Å². The Morgan fingerprint density at radius 3 is 2.59 bits per heavy atom. The zero-order valence-corrected chi connectivity index (χ0v) is 10.1. The Morgan fingerprint density at radius 2 is 2.18 bits per heavy atom. The number of hydrogen-bond acceptors (Lipinski definition) is 3. The molecule has 1 atom stereocenters. The highest BCUT2D eigenvalue weighted by molar-refractivity contribution is 5.26. The van der Waals surface area contributed by atoms with Crippen molar-refractivity contribution in [2.75, 3.05) is 19.7 Å². The van der Waals surface area contributed by atoms with Crippen LogP contribution in [-0.2, 0) is 0 Å². The van der Waals surface area contributed by atoms with Gasteiger partial charge in [0.2, 0.25) is 0 Å². The molecule has 0 aromatic heterocycles. The zero-order chi connectivity index (χ0) is 12.5. The highest BCUT2D eigenvalue weighted by Crippen LogP contribution is 2.10. The van der Waals surface area contributed by atoms with Gasteiger partial charge in [0.25, 0.3) is 0 Å². The Labute approximate surface area is 103 Å². The minimum Gasteiger partial charge on any atom is -0.481 e. The van der Waals surface area contributed by atoms with Crippen LogP contribution in [-0.4, -0.2) is 30.9 Å². The van der Waals surface area contributed by atoms with E-state index in [-0.39, 0.29) is 6.10 Å². The van der Waals surface area contributed by atoms with Gasteiger partial charge in [0.1, 0.15) is 12.4 Å². The van der Waals surface area contributed by atoms with Crippen molar-refractivity contribution in [1.29, 1.82) is 0 Å². The predicted molar refractivity (Wildman–Crippen MR) is 69.0 cm³/mol. The van der Waals surface area contributed by atoms with Crippen LogP contribution in [0.15, 0.2) is 24.3 Å². The molecule has 1 aromatic carbocycles. The maximum absolute atomic E-state index is 8.67. The molecule has 92 valence electrons. The van der Waals surface area contributed by atoms with E-state index in [0.29, 0.717) is 6.61 Å². The second-order valence-electron chi connectivity index (χ2n) is 3.95. The molecule has 0 aliphatic carbocycles. The van der Waals surface area contributed by atoms with E-state index in [0.717, 1.165) is 25.3 Å². The number of aliphatic hydroxyl groups excluding tert-OH is 1. The minimum absolute atomic E-state index is 0.0648. The largest absolute Gasteiger partial charge is 0.481 e. The summed E-state index contributed by atoms with van der Waals surface area (Å²) in [5.41, 5.74) is 1.22. The van der Waals surface area contributed by atoms with E-state index in [1.165, 1.54) is 5.56 Å². The second-order valence-corrected chi connectivity index (χ2v) is 3.95. The first-order valence-corrected chi connectivity index (χ1v) is 5.74. The summed E-state index contributed by atoms with van der Waals surface area (Å²) < 4.78 is 5.17. The highest BCUT2D eigenvalue weighted by atomic mass is 16.5. The second kappa shape index (κ2) is 7.72. The van der Waals surface area contributed by atoms with Crippen LogP contribution in [0, 0.1) is 19.3 Å². The van der Waals surface area contributed by atoms with Crippen LogP contribution < -0.4 is 10.1 Å². The molecule has 1 fully saturated rings. The fourth-order valence-electron chi connectivity index (χ4n) is 1.40. The molecule has 3 heteroatoms. The van der Waals surface area contributed by atoms with E-state index in [4.69, 9.17) is 16.3 Å². The van der Waals surface area contributed by atoms with Crippen molar-refractivity contribution < 1.29 is 9.84 Å². The maximum atomic E-state index is 8.67. The van der Waals surface area contributed by atoms with Crippen molar-refractivity contribution in [1.82, 2.24) is 5.32 Å². The molecule has 0 amide bonds. The summed E-state index contributed by atoms with van der Waals surface area (Å²) in [6.45, 7) is 4.15. The van der Waals surface area contributed by atoms with Gasteiger partial charge in [-0.3, -0.25) is 0 Å². The third kappa shape index (κ3) is 5.96. The predicted octanol–water partition coefficient (Wildman–Crippen LogP) is 1.35. The lowest BCUT2D eigenvalue weighted by Crippen LogP contribution is -2.11. The first-order chi connectivity index (χ1) is 8.22. The molecule has 3 nitrogen and oxygen atoms in total. The molecule has 0 unspecified atom stereocenters. The average molecular weight is 233 g/mol. The first kappa shape index (κ1) is 13.6. The number of ether oxygens (including phenoxy) is 1. The van der Waals surface area contributed by atoms with Crippen LogP contribution in [0.25, 0.3) is 0 Å². The lowest BCUT2D eigenvalue weighted by atomic mass is 10.2. The summed E-state index contributed by atoms with van der Waals surface area (Å²) in [5, 5.41) is 11.7. The van der Waals surface area contributed by atoms with Gasteiger partial charge in [0.05, 0.1) is 6.10 Å². The smallest absolute Gasteiger partial charge is 0.148 e. The van der Waals surface area contributed by atoms with E-state index in [1.807, 2.05) is 31.2 Å². The van der Waals surface area contributed by atoms with E-state index >= 15 is 0 Å². The van der Waals surface area contributed by atoms with Crippen LogP contribution in [0.1, 0.15) is 12.0 Å². The van der Waals surface area contributed by atoms with Crippen LogP contribution in [0.3, 0.4) is 0 Å². The van der Waals surface area contributed by atoms with Crippen LogP contribution in [0.2, 0.25) is 0 Å². The number of rotatable bonds is 2. The third-order valence-corrected chi connectivity index (χ3v) is 2.38. The lowest BCUT2D eigenvalue weighted by Gasteiger charge is -2.00. The highest BCUT2D eigenvalue weighted by Gasteiger charge is 2.08. The van der Waals surface area contributed by atoms with Crippen molar-refractivity contribution in [3.05, 3.63) is 29.8 Å². The number of β-amino-alcohol motifs (C(OH)–C–C–N with tert-alkyl or cyclic N) is 1. The fraction of sp³-hybridized carbons (Fsp3) is 0.429. The summed E-state index contributed by atoms with van der Waals surface area (Å²) in [5.74, 6) is 3.24. The summed E-state index contributed by atoms with van der Waals surface area (Å²) >= 11 is 0. The van der Waals surface area contributed by atoms with Gasteiger partial charge in [0.15, 0.2) is 0 Å². The maximum Gasteiger partial charge on any atom is 0.148 e.